The van der Waals surface area contributed by atoms with E-state index < -0.39 is 0 Å². The van der Waals surface area contributed by atoms with Crippen molar-refractivity contribution < 1.29 is 4.74 Å². The van der Waals surface area contributed by atoms with Crippen LogP contribution < -0.4 is 11.1 Å². The monoisotopic (exact) mass is 223 g/mol. The second-order valence-electron chi connectivity index (χ2n) is 3.47. The predicted molar refractivity (Wildman–Crippen MR) is 62.9 cm³/mol. The molecule has 0 aliphatic rings. The van der Waals surface area contributed by atoms with E-state index in [9.17, 15) is 0 Å². The number of rotatable bonds is 5. The van der Waals surface area contributed by atoms with Crippen molar-refractivity contribution in [2.75, 3.05) is 25.6 Å². The highest BCUT2D eigenvalue weighted by molar-refractivity contribution is 6.00. The molecule has 6 heteroatoms. The van der Waals surface area contributed by atoms with Gasteiger partial charge in [0.25, 0.3) is 0 Å². The number of anilines is 1. The van der Waals surface area contributed by atoms with E-state index in [-0.39, 0.29) is 5.84 Å². The molecule has 88 valence electrons. The van der Waals surface area contributed by atoms with Gasteiger partial charge < -0.3 is 15.8 Å². The van der Waals surface area contributed by atoms with Gasteiger partial charge in [-0.25, -0.2) is 0 Å². The first-order chi connectivity index (χ1) is 7.57. The summed E-state index contributed by atoms with van der Waals surface area (Å²) in [5.41, 5.74) is 7.80. The number of ether oxygens (including phenoxy) is 1. The van der Waals surface area contributed by atoms with Gasteiger partial charge in [0.05, 0.1) is 17.9 Å². The van der Waals surface area contributed by atoms with Crippen molar-refractivity contribution in [2.45, 2.75) is 13.8 Å². The highest BCUT2D eigenvalue weighted by Crippen LogP contribution is 2.17. The first-order valence-electron chi connectivity index (χ1n) is 4.99. The van der Waals surface area contributed by atoms with Crippen molar-refractivity contribution in [3.63, 3.8) is 0 Å². The number of aromatic nitrogens is 2. The molecule has 1 rings (SSSR count). The molecular weight excluding hydrogens is 206 g/mol. The van der Waals surface area contributed by atoms with E-state index in [2.05, 4.69) is 15.5 Å². The molecule has 0 aliphatic heterocycles. The van der Waals surface area contributed by atoms with E-state index in [0.29, 0.717) is 24.5 Å². The SMILES string of the molecule is COCCNc1nnc(C)c(C)c1C(=N)N. The summed E-state index contributed by atoms with van der Waals surface area (Å²) in [5.74, 6) is 0.531. The summed E-state index contributed by atoms with van der Waals surface area (Å²) in [6, 6.07) is 0. The van der Waals surface area contributed by atoms with Gasteiger partial charge in [0, 0.05) is 13.7 Å². The van der Waals surface area contributed by atoms with E-state index >= 15 is 0 Å². The number of nitrogens with one attached hydrogen (secondary N) is 2. The van der Waals surface area contributed by atoms with Gasteiger partial charge in [-0.15, -0.1) is 5.10 Å². The largest absolute Gasteiger partial charge is 0.384 e. The number of nitrogens with zero attached hydrogens (tertiary/aromatic N) is 2. The molecule has 0 unspecified atom stereocenters. The summed E-state index contributed by atoms with van der Waals surface area (Å²) >= 11 is 0. The fourth-order valence-electron chi connectivity index (χ4n) is 1.33. The average Bonchev–Trinajstić information content (AvgIpc) is 2.23. The predicted octanol–water partition coefficient (Wildman–Crippen LogP) is 0.436. The van der Waals surface area contributed by atoms with E-state index in [1.54, 1.807) is 7.11 Å². The third kappa shape index (κ3) is 2.66. The molecule has 0 atom stereocenters. The van der Waals surface area contributed by atoms with E-state index in [0.717, 1.165) is 11.3 Å². The highest BCUT2D eigenvalue weighted by Gasteiger charge is 2.12. The molecule has 1 aromatic rings. The van der Waals surface area contributed by atoms with Crippen LogP contribution in [0.4, 0.5) is 5.82 Å². The van der Waals surface area contributed by atoms with Gasteiger partial charge in [0.1, 0.15) is 5.84 Å². The maximum Gasteiger partial charge on any atom is 0.160 e. The Morgan fingerprint density at radius 1 is 1.44 bits per heavy atom. The zero-order valence-corrected chi connectivity index (χ0v) is 9.79. The Bertz CT molecular complexity index is 391. The molecule has 16 heavy (non-hydrogen) atoms. The Labute approximate surface area is 94.7 Å². The van der Waals surface area contributed by atoms with E-state index in [1.807, 2.05) is 13.8 Å². The third-order valence-electron chi connectivity index (χ3n) is 2.32. The lowest BCUT2D eigenvalue weighted by Gasteiger charge is -2.12. The number of nitrogen functional groups attached to an aromatic ring is 1. The molecule has 0 saturated carbocycles. The molecule has 0 aromatic carbocycles. The summed E-state index contributed by atoms with van der Waals surface area (Å²) in [7, 11) is 1.62. The average molecular weight is 223 g/mol. The second-order valence-corrected chi connectivity index (χ2v) is 3.47. The molecule has 0 fully saturated rings. The molecule has 4 N–H and O–H groups in total. The van der Waals surface area contributed by atoms with Crippen LogP contribution >= 0.6 is 0 Å². The molecule has 0 spiro atoms. The minimum Gasteiger partial charge on any atom is -0.384 e. The van der Waals surface area contributed by atoms with Crippen LogP contribution in [0, 0.1) is 19.3 Å². The molecule has 0 amide bonds. The van der Waals surface area contributed by atoms with Gasteiger partial charge in [0.2, 0.25) is 0 Å². The first-order valence-corrected chi connectivity index (χ1v) is 4.99. The Hall–Kier alpha value is -1.69. The summed E-state index contributed by atoms with van der Waals surface area (Å²) in [5, 5.41) is 18.6. The van der Waals surface area contributed by atoms with Crippen LogP contribution in [-0.2, 0) is 4.74 Å². The van der Waals surface area contributed by atoms with Crippen LogP contribution in [0.15, 0.2) is 0 Å². The van der Waals surface area contributed by atoms with Gasteiger partial charge >= 0.3 is 0 Å². The standard InChI is InChI=1S/C10H17N5O/c1-6-7(2)14-15-10(8(6)9(11)12)13-4-5-16-3/h4-5H2,1-3H3,(H3,11,12)(H,13,15). The fraction of sp³-hybridized carbons (Fsp3) is 0.500. The Kier molecular flexibility index (Phi) is 4.19. The van der Waals surface area contributed by atoms with Gasteiger partial charge in [-0.05, 0) is 19.4 Å². The van der Waals surface area contributed by atoms with E-state index in [1.165, 1.54) is 0 Å². The maximum atomic E-state index is 7.53. The number of methoxy groups -OCH3 is 1. The lowest BCUT2D eigenvalue weighted by Crippen LogP contribution is -2.20. The number of amidine groups is 1. The molecular formula is C10H17N5O. The maximum absolute atomic E-state index is 7.53. The first kappa shape index (κ1) is 12.4. The summed E-state index contributed by atoms with van der Waals surface area (Å²) in [4.78, 5) is 0. The second kappa shape index (κ2) is 5.41. The van der Waals surface area contributed by atoms with Crippen LogP contribution in [0.2, 0.25) is 0 Å². The lowest BCUT2D eigenvalue weighted by molar-refractivity contribution is 0.210. The highest BCUT2D eigenvalue weighted by atomic mass is 16.5. The van der Waals surface area contributed by atoms with Gasteiger partial charge in [0.15, 0.2) is 5.82 Å². The Morgan fingerprint density at radius 3 is 2.69 bits per heavy atom. The van der Waals surface area contributed by atoms with Crippen LogP contribution in [0.25, 0.3) is 0 Å². The summed E-state index contributed by atoms with van der Waals surface area (Å²) in [6.07, 6.45) is 0. The van der Waals surface area contributed by atoms with Crippen molar-refractivity contribution in [3.05, 3.63) is 16.8 Å². The number of nitrogens with two attached hydrogens (primary N) is 1. The normalized spacial score (nSPS) is 10.2. The smallest absolute Gasteiger partial charge is 0.160 e. The van der Waals surface area contributed by atoms with Crippen LogP contribution in [0.1, 0.15) is 16.8 Å². The Morgan fingerprint density at radius 2 is 2.12 bits per heavy atom. The van der Waals surface area contributed by atoms with Crippen molar-refractivity contribution in [1.29, 1.82) is 5.41 Å². The fourth-order valence-corrected chi connectivity index (χ4v) is 1.33. The summed E-state index contributed by atoms with van der Waals surface area (Å²) in [6.45, 7) is 4.88. The van der Waals surface area contributed by atoms with E-state index in [4.69, 9.17) is 15.9 Å². The molecule has 0 saturated heterocycles. The van der Waals surface area contributed by atoms with Crippen LogP contribution in [0.3, 0.4) is 0 Å². The van der Waals surface area contributed by atoms with Crippen molar-refractivity contribution in [3.8, 4) is 0 Å². The Balaban J connectivity index is 2.99. The molecule has 1 heterocycles. The summed E-state index contributed by atoms with van der Waals surface area (Å²) < 4.78 is 4.92. The lowest BCUT2D eigenvalue weighted by atomic mass is 10.1. The van der Waals surface area contributed by atoms with Gasteiger partial charge in [-0.3, -0.25) is 5.41 Å². The van der Waals surface area contributed by atoms with Crippen molar-refractivity contribution in [1.82, 2.24) is 10.2 Å². The zero-order chi connectivity index (χ0) is 12.1. The number of hydrogen-bond donors (Lipinski definition) is 3. The third-order valence-corrected chi connectivity index (χ3v) is 2.32. The number of hydrogen-bond acceptors (Lipinski definition) is 5. The quantitative estimate of drug-likeness (QED) is 0.382. The van der Waals surface area contributed by atoms with Gasteiger partial charge in [-0.1, -0.05) is 0 Å². The van der Waals surface area contributed by atoms with Crippen molar-refractivity contribution >= 4 is 11.7 Å². The molecule has 0 radical (unpaired) electrons. The van der Waals surface area contributed by atoms with Gasteiger partial charge in [-0.2, -0.15) is 5.10 Å². The molecule has 0 bridgehead atoms. The molecule has 1 aromatic heterocycles. The van der Waals surface area contributed by atoms with Crippen LogP contribution in [0.5, 0.6) is 0 Å². The van der Waals surface area contributed by atoms with Crippen molar-refractivity contribution in [2.24, 2.45) is 5.73 Å². The minimum absolute atomic E-state index is 0.00424. The number of aryl methyl sites for hydroxylation is 1. The van der Waals surface area contributed by atoms with Crippen LogP contribution in [-0.4, -0.2) is 36.3 Å². The topological polar surface area (TPSA) is 96.9 Å². The minimum atomic E-state index is -0.00424. The molecule has 0 aliphatic carbocycles. The molecule has 6 nitrogen and oxygen atoms in total. The zero-order valence-electron chi connectivity index (χ0n) is 9.79.